The molecule has 5 heteroatoms. The molecule has 1 atom stereocenters. The number of fused-ring (bicyclic) bond motifs is 1. The molecule has 5 nitrogen and oxygen atoms in total. The number of likely N-dealkylation sites (tertiary alicyclic amines) is 1. The Labute approximate surface area is 163 Å². The van der Waals surface area contributed by atoms with Crippen LogP contribution >= 0.6 is 0 Å². The summed E-state index contributed by atoms with van der Waals surface area (Å²) < 4.78 is 11.0. The molecule has 0 spiro atoms. The maximum absolute atomic E-state index is 13.1. The zero-order valence-corrected chi connectivity index (χ0v) is 15.9. The summed E-state index contributed by atoms with van der Waals surface area (Å²) in [6, 6.07) is 16.6. The first-order valence-corrected chi connectivity index (χ1v) is 9.69. The van der Waals surface area contributed by atoms with E-state index in [0.717, 1.165) is 24.8 Å². The van der Waals surface area contributed by atoms with Crippen LogP contribution < -0.4 is 5.63 Å². The Bertz CT molecular complexity index is 1060. The highest BCUT2D eigenvalue weighted by atomic mass is 16.5. The van der Waals surface area contributed by atoms with Crippen molar-refractivity contribution in [3.63, 3.8) is 0 Å². The van der Waals surface area contributed by atoms with E-state index < -0.39 is 5.63 Å². The maximum Gasteiger partial charge on any atom is 0.344 e. The zero-order chi connectivity index (χ0) is 19.5. The number of carbonyl (C=O) groups excluding carboxylic acids is 1. The predicted molar refractivity (Wildman–Crippen MR) is 108 cm³/mol. The first kappa shape index (κ1) is 18.4. The number of hydrogen-bond acceptors (Lipinski definition) is 4. The van der Waals surface area contributed by atoms with Crippen molar-refractivity contribution in [2.24, 2.45) is 0 Å². The van der Waals surface area contributed by atoms with Crippen molar-refractivity contribution in [1.29, 1.82) is 0 Å². The number of para-hydroxylation sites is 1. The first-order chi connectivity index (χ1) is 13.7. The van der Waals surface area contributed by atoms with E-state index >= 15 is 0 Å². The van der Waals surface area contributed by atoms with Crippen molar-refractivity contribution in [3.8, 4) is 11.1 Å². The Balaban J connectivity index is 1.66. The highest BCUT2D eigenvalue weighted by molar-refractivity contribution is 5.96. The molecule has 1 saturated heterocycles. The fourth-order valence-corrected chi connectivity index (χ4v) is 3.78. The van der Waals surface area contributed by atoms with Gasteiger partial charge in [-0.1, -0.05) is 30.3 Å². The largest absolute Gasteiger partial charge is 0.422 e. The van der Waals surface area contributed by atoms with Crippen LogP contribution in [0.3, 0.4) is 0 Å². The third-order valence-electron chi connectivity index (χ3n) is 5.21. The average Bonchev–Trinajstić information content (AvgIpc) is 3.19. The minimum absolute atomic E-state index is 0.0192. The molecule has 4 rings (SSSR count). The summed E-state index contributed by atoms with van der Waals surface area (Å²) in [4.78, 5) is 27.4. The Morgan fingerprint density at radius 1 is 1.18 bits per heavy atom. The quantitative estimate of drug-likeness (QED) is 0.628. The minimum atomic E-state index is -0.404. The van der Waals surface area contributed by atoms with Gasteiger partial charge in [-0.15, -0.1) is 0 Å². The van der Waals surface area contributed by atoms with Crippen LogP contribution in [-0.4, -0.2) is 36.6 Å². The van der Waals surface area contributed by atoms with E-state index in [-0.39, 0.29) is 11.9 Å². The second kappa shape index (κ2) is 7.98. The van der Waals surface area contributed by atoms with Gasteiger partial charge in [-0.05, 0) is 49.6 Å². The van der Waals surface area contributed by atoms with Gasteiger partial charge in [0.2, 0.25) is 0 Å². The van der Waals surface area contributed by atoms with E-state index in [4.69, 9.17) is 9.15 Å². The first-order valence-electron chi connectivity index (χ1n) is 9.69. The van der Waals surface area contributed by atoms with Gasteiger partial charge in [-0.3, -0.25) is 4.79 Å². The molecule has 0 N–H and O–H groups in total. The van der Waals surface area contributed by atoms with E-state index in [2.05, 4.69) is 0 Å². The summed E-state index contributed by atoms with van der Waals surface area (Å²) >= 11 is 0. The maximum atomic E-state index is 13.1. The predicted octanol–water partition coefficient (Wildman–Crippen LogP) is 4.10. The molecule has 28 heavy (non-hydrogen) atoms. The molecule has 1 aliphatic rings. The van der Waals surface area contributed by atoms with Crippen molar-refractivity contribution < 1.29 is 13.9 Å². The van der Waals surface area contributed by atoms with Crippen molar-refractivity contribution in [3.05, 3.63) is 70.6 Å². The zero-order valence-electron chi connectivity index (χ0n) is 15.9. The molecule has 0 saturated carbocycles. The molecular formula is C23H23NO4. The average molecular weight is 377 g/mol. The Kier molecular flexibility index (Phi) is 5.26. The monoisotopic (exact) mass is 377 g/mol. The molecule has 1 amide bonds. The molecule has 2 aromatic carbocycles. The number of carbonyl (C=O) groups is 1. The van der Waals surface area contributed by atoms with Gasteiger partial charge in [0.15, 0.2) is 0 Å². The van der Waals surface area contributed by atoms with E-state index in [1.807, 2.05) is 48.2 Å². The van der Waals surface area contributed by atoms with E-state index in [9.17, 15) is 9.59 Å². The van der Waals surface area contributed by atoms with Gasteiger partial charge >= 0.3 is 5.63 Å². The highest BCUT2D eigenvalue weighted by Crippen LogP contribution is 2.25. The SMILES string of the molecule is CCOCC1CCCN1C(=O)c1cccc(-c2cc3ccccc3oc2=O)c1. The normalized spacial score (nSPS) is 16.6. The summed E-state index contributed by atoms with van der Waals surface area (Å²) in [7, 11) is 0. The topological polar surface area (TPSA) is 59.8 Å². The molecule has 0 aliphatic carbocycles. The Hall–Kier alpha value is -2.92. The smallest absolute Gasteiger partial charge is 0.344 e. The molecule has 0 bridgehead atoms. The van der Waals surface area contributed by atoms with Gasteiger partial charge < -0.3 is 14.1 Å². The lowest BCUT2D eigenvalue weighted by atomic mass is 10.0. The molecule has 144 valence electrons. The second-order valence-corrected chi connectivity index (χ2v) is 7.02. The molecule has 1 aliphatic heterocycles. The highest BCUT2D eigenvalue weighted by Gasteiger charge is 2.29. The molecule has 1 unspecified atom stereocenters. The lowest BCUT2D eigenvalue weighted by Gasteiger charge is -2.24. The van der Waals surface area contributed by atoms with Crippen molar-refractivity contribution in [2.45, 2.75) is 25.8 Å². The number of hydrogen-bond donors (Lipinski definition) is 0. The van der Waals surface area contributed by atoms with Gasteiger partial charge in [0, 0.05) is 24.1 Å². The fraction of sp³-hybridized carbons (Fsp3) is 0.304. The lowest BCUT2D eigenvalue weighted by Crippen LogP contribution is -2.38. The summed E-state index contributed by atoms with van der Waals surface area (Å²) in [5.41, 5.74) is 1.87. The van der Waals surface area contributed by atoms with Crippen molar-refractivity contribution in [2.75, 3.05) is 19.8 Å². The van der Waals surface area contributed by atoms with Crippen LogP contribution in [0.15, 0.2) is 63.8 Å². The summed E-state index contributed by atoms with van der Waals surface area (Å²) in [5, 5.41) is 0.852. The number of rotatable bonds is 5. The fourth-order valence-electron chi connectivity index (χ4n) is 3.78. The van der Waals surface area contributed by atoms with Crippen LogP contribution in [0, 0.1) is 0 Å². The number of benzene rings is 2. The van der Waals surface area contributed by atoms with Gasteiger partial charge in [0.1, 0.15) is 5.58 Å². The van der Waals surface area contributed by atoms with Crippen molar-refractivity contribution in [1.82, 2.24) is 4.90 Å². The second-order valence-electron chi connectivity index (χ2n) is 7.02. The van der Waals surface area contributed by atoms with Crippen LogP contribution in [0.2, 0.25) is 0 Å². The van der Waals surface area contributed by atoms with E-state index in [1.165, 1.54) is 0 Å². The summed E-state index contributed by atoms with van der Waals surface area (Å²) in [6.07, 6.45) is 1.94. The molecule has 1 fully saturated rings. The van der Waals surface area contributed by atoms with Gasteiger partial charge in [-0.2, -0.15) is 0 Å². The van der Waals surface area contributed by atoms with Gasteiger partial charge in [-0.25, -0.2) is 4.79 Å². The van der Waals surface area contributed by atoms with Crippen LogP contribution in [0.5, 0.6) is 0 Å². The van der Waals surface area contributed by atoms with E-state index in [1.54, 1.807) is 18.2 Å². The molecular weight excluding hydrogens is 354 g/mol. The van der Waals surface area contributed by atoms with Gasteiger partial charge in [0.05, 0.1) is 18.2 Å². The third-order valence-corrected chi connectivity index (χ3v) is 5.21. The number of amides is 1. The molecule has 2 heterocycles. The molecule has 3 aromatic rings. The third kappa shape index (κ3) is 3.58. The van der Waals surface area contributed by atoms with Gasteiger partial charge in [0.25, 0.3) is 5.91 Å². The number of ether oxygens (including phenoxy) is 1. The van der Waals surface area contributed by atoms with Crippen LogP contribution in [0.1, 0.15) is 30.1 Å². The van der Waals surface area contributed by atoms with Crippen molar-refractivity contribution >= 4 is 16.9 Å². The van der Waals surface area contributed by atoms with Crippen LogP contribution in [0.25, 0.3) is 22.1 Å². The summed E-state index contributed by atoms with van der Waals surface area (Å²) in [5.74, 6) is -0.0192. The molecule has 0 radical (unpaired) electrons. The van der Waals surface area contributed by atoms with Crippen LogP contribution in [0.4, 0.5) is 0 Å². The lowest BCUT2D eigenvalue weighted by molar-refractivity contribution is 0.0564. The van der Waals surface area contributed by atoms with Crippen LogP contribution in [-0.2, 0) is 4.74 Å². The van der Waals surface area contributed by atoms with E-state index in [0.29, 0.717) is 35.5 Å². The Morgan fingerprint density at radius 2 is 2.04 bits per heavy atom. The standard InChI is InChI=1S/C23H23NO4/c1-2-27-15-19-10-6-12-24(19)22(25)18-9-5-8-16(13-18)20-14-17-7-3-4-11-21(17)28-23(20)26/h3-5,7-9,11,13-14,19H,2,6,10,12,15H2,1H3. The molecule has 1 aromatic heterocycles. The number of nitrogens with zero attached hydrogens (tertiary/aromatic N) is 1. The Morgan fingerprint density at radius 3 is 2.89 bits per heavy atom. The minimum Gasteiger partial charge on any atom is -0.422 e. The summed E-state index contributed by atoms with van der Waals surface area (Å²) in [6.45, 7) is 3.90.